The summed E-state index contributed by atoms with van der Waals surface area (Å²) in [5.74, 6) is 0. The van der Waals surface area contributed by atoms with Crippen LogP contribution >= 0.6 is 15.9 Å². The van der Waals surface area contributed by atoms with E-state index in [1.165, 1.54) is 6.42 Å². The molecule has 22 nitrogen and oxygen atoms in total. The smallest absolute Gasteiger partial charge is 0.399 e. The van der Waals surface area contributed by atoms with Gasteiger partial charge in [0.2, 0.25) is 11.3 Å². The van der Waals surface area contributed by atoms with E-state index >= 15 is 0 Å². The summed E-state index contributed by atoms with van der Waals surface area (Å²) in [6.45, 7) is 13.4. The Morgan fingerprint density at radius 3 is 1.76 bits per heavy atom. The van der Waals surface area contributed by atoms with Gasteiger partial charge in [-0.15, -0.1) is 10.2 Å². The minimum Gasteiger partial charge on any atom is -0.399 e. The highest BCUT2D eigenvalue weighted by molar-refractivity contribution is 9.10. The van der Waals surface area contributed by atoms with Crippen LogP contribution in [0.3, 0.4) is 0 Å². The van der Waals surface area contributed by atoms with Crippen LogP contribution in [0, 0.1) is 0 Å². The predicted octanol–water partition coefficient (Wildman–Crippen LogP) is 7.53. The monoisotopic (exact) mass is 1120 g/mol. The van der Waals surface area contributed by atoms with Gasteiger partial charge < -0.3 is 28.3 Å². The number of aromatic nitrogens is 16. The highest BCUT2D eigenvalue weighted by atomic mass is 79.9. The number of pyridine rings is 2. The maximum absolute atomic E-state index is 6.04. The average Bonchev–Trinajstić information content (AvgIpc) is 4.37. The van der Waals surface area contributed by atoms with E-state index < -0.39 is 0 Å². The summed E-state index contributed by atoms with van der Waals surface area (Å²) < 4.78 is 42.7. The molecule has 10 aromatic rings. The molecule has 0 bridgehead atoms. The molecule has 402 valence electrons. The van der Waals surface area contributed by atoms with E-state index in [1.54, 1.807) is 46.5 Å². The lowest BCUT2D eigenvalue weighted by Crippen LogP contribution is -2.41. The Labute approximate surface area is 458 Å². The maximum Gasteiger partial charge on any atom is 0.498 e. The normalized spacial score (nSPS) is 18.0. The largest absolute Gasteiger partial charge is 0.498 e. The van der Waals surface area contributed by atoms with Gasteiger partial charge >= 0.3 is 7.12 Å². The van der Waals surface area contributed by atoms with Gasteiger partial charge in [-0.3, -0.25) is 19.3 Å². The van der Waals surface area contributed by atoms with E-state index in [2.05, 4.69) is 111 Å². The fourth-order valence-corrected chi connectivity index (χ4v) is 9.37. The van der Waals surface area contributed by atoms with Gasteiger partial charge in [-0.1, -0.05) is 34.7 Å². The molecule has 3 fully saturated rings. The van der Waals surface area contributed by atoms with Gasteiger partial charge in [0.25, 0.3) is 0 Å². The van der Waals surface area contributed by atoms with Crippen molar-refractivity contribution in [3.63, 3.8) is 0 Å². The van der Waals surface area contributed by atoms with E-state index in [9.17, 15) is 0 Å². The predicted molar refractivity (Wildman–Crippen MR) is 294 cm³/mol. The second-order valence-corrected chi connectivity index (χ2v) is 21.1. The third-order valence-corrected chi connectivity index (χ3v) is 14.4. The zero-order valence-corrected chi connectivity index (χ0v) is 45.6. The van der Waals surface area contributed by atoms with E-state index in [-0.39, 0.29) is 30.9 Å². The van der Waals surface area contributed by atoms with Crippen LogP contribution in [-0.2, 0) is 54.4 Å². The number of nitrogens with zero attached hydrogens (tertiary/aromatic N) is 16. The Hall–Kier alpha value is -7.06. The summed E-state index contributed by atoms with van der Waals surface area (Å²) in [6, 6.07) is 20.3. The number of hydrogen-bond donors (Lipinski definition) is 0. The molecule has 78 heavy (non-hydrogen) atoms. The van der Waals surface area contributed by atoms with Crippen LogP contribution in [-0.4, -0.2) is 137 Å². The van der Waals surface area contributed by atoms with Crippen molar-refractivity contribution in [1.29, 1.82) is 0 Å². The van der Waals surface area contributed by atoms with E-state index in [1.807, 2.05) is 70.3 Å². The van der Waals surface area contributed by atoms with Gasteiger partial charge in [-0.25, -0.2) is 29.3 Å². The zero-order valence-electron chi connectivity index (χ0n) is 44.0. The summed E-state index contributed by atoms with van der Waals surface area (Å²) in [7, 11) is -0.364. The summed E-state index contributed by atoms with van der Waals surface area (Å²) in [5, 5.41) is 27.6. The Morgan fingerprint density at radius 1 is 0.628 bits per heavy atom. The zero-order chi connectivity index (χ0) is 53.5. The summed E-state index contributed by atoms with van der Waals surface area (Å²) in [4.78, 5) is 26.5. The molecule has 0 saturated carbocycles. The fraction of sp³-hybridized carbons (Fsp3) is 0.407. The average molecular weight is 1120 g/mol. The molecule has 0 amide bonds. The second-order valence-electron chi connectivity index (χ2n) is 20.2. The van der Waals surface area contributed by atoms with Crippen molar-refractivity contribution >= 4 is 72.9 Å². The van der Waals surface area contributed by atoms with Crippen LogP contribution in [0.4, 0.5) is 0 Å². The number of rotatable bonds is 14. The first-order valence-corrected chi connectivity index (χ1v) is 27.1. The molecular weight excluding hydrogens is 1060 g/mol. The van der Waals surface area contributed by atoms with Crippen molar-refractivity contribution in [2.45, 2.75) is 116 Å². The molecule has 0 radical (unpaired) electrons. The Kier molecular flexibility index (Phi) is 16.2. The lowest BCUT2D eigenvalue weighted by Gasteiger charge is -2.32. The fourth-order valence-electron chi connectivity index (χ4n) is 9.10. The highest BCUT2D eigenvalue weighted by Crippen LogP contribution is 2.36. The quantitative estimate of drug-likeness (QED) is 0.0958. The maximum atomic E-state index is 6.04. The molecule has 11 heterocycles. The van der Waals surface area contributed by atoms with Crippen molar-refractivity contribution in [3.05, 3.63) is 126 Å². The molecule has 3 aliphatic rings. The van der Waals surface area contributed by atoms with Crippen molar-refractivity contribution in [2.75, 3.05) is 26.4 Å². The van der Waals surface area contributed by atoms with Crippen LogP contribution < -0.4 is 5.46 Å². The SMILES string of the molecule is Brc1cnc2nnn(Cc3ccc4ncccc4c3)c2n1.CC1(C)OB(c2cnn(CCOC3CCCCO3)c2)OC1(C)C.c1cnc2ccc(Cn3nnc4ncc(-c5cnn(CCOC6CCCCO6)c5)nc43)cc2c1. The van der Waals surface area contributed by atoms with Crippen LogP contribution in [0.2, 0.25) is 0 Å². The molecule has 0 spiro atoms. The van der Waals surface area contributed by atoms with Gasteiger partial charge in [0, 0.05) is 66.0 Å². The first kappa shape index (κ1) is 53.0. The van der Waals surface area contributed by atoms with E-state index in [4.69, 9.17) is 33.2 Å². The van der Waals surface area contributed by atoms with E-state index in [0.29, 0.717) is 66.6 Å². The molecule has 2 aromatic carbocycles. The Morgan fingerprint density at radius 2 is 1.18 bits per heavy atom. The molecule has 8 aromatic heterocycles. The molecule has 3 aliphatic heterocycles. The van der Waals surface area contributed by atoms with Gasteiger partial charge in [0.15, 0.2) is 23.9 Å². The topological polar surface area (TPSA) is 230 Å². The van der Waals surface area contributed by atoms with Crippen molar-refractivity contribution < 1.29 is 28.3 Å². The number of hydrogen-bond acceptors (Lipinski definition) is 18. The van der Waals surface area contributed by atoms with Crippen molar-refractivity contribution in [3.8, 4) is 11.3 Å². The molecular formula is C54H60BBrN16O6. The number of benzene rings is 2. The van der Waals surface area contributed by atoms with Crippen LogP contribution in [0.25, 0.3) is 55.7 Å². The standard InChI is InChI=1S/C24H24N8O2.C16H27BN2O4.C14H9BrN6/c1-2-10-33-22(5-1)34-11-9-31-16-19(13-27-31)21-14-26-23-24(28-21)32(30-29-23)15-17-6-7-20-18(12-17)4-3-8-25-20;1-15(2)16(3,4)23-17(22-15)13-11-18-19(12-13)8-10-21-14-7-5-6-9-20-14;15-12-7-17-13-14(18-12)21(20-19-13)8-9-3-4-11-10(6-9)2-1-5-16-11/h3-4,6-8,12-14,16,22H,1-2,5,9-11,15H2;11-12,14H,5-10H2,1-4H3;1-7H,8H2. The molecule has 0 aliphatic carbocycles. The van der Waals surface area contributed by atoms with Gasteiger partial charge in [0.05, 0.1) is 85.9 Å². The van der Waals surface area contributed by atoms with Crippen LogP contribution in [0.5, 0.6) is 0 Å². The lowest BCUT2D eigenvalue weighted by atomic mass is 9.82. The van der Waals surface area contributed by atoms with Crippen LogP contribution in [0.1, 0.15) is 77.3 Å². The Balaban J connectivity index is 0.000000129. The Bertz CT molecular complexity index is 3600. The lowest BCUT2D eigenvalue weighted by molar-refractivity contribution is -0.164. The van der Waals surface area contributed by atoms with Gasteiger partial charge in [0.1, 0.15) is 4.60 Å². The minimum atomic E-state index is -0.364. The second kappa shape index (κ2) is 23.9. The molecule has 2 atom stereocenters. The van der Waals surface area contributed by atoms with E-state index in [0.717, 1.165) is 95.0 Å². The summed E-state index contributed by atoms with van der Waals surface area (Å²) in [5.41, 5.74) is 8.38. The third kappa shape index (κ3) is 12.8. The van der Waals surface area contributed by atoms with Crippen LogP contribution in [0.15, 0.2) is 115 Å². The summed E-state index contributed by atoms with van der Waals surface area (Å²) >= 11 is 3.32. The van der Waals surface area contributed by atoms with Crippen molar-refractivity contribution in [2.24, 2.45) is 0 Å². The number of ether oxygens (including phenoxy) is 4. The number of fused-ring (bicyclic) bond motifs is 4. The molecule has 0 N–H and O–H groups in total. The third-order valence-electron chi connectivity index (χ3n) is 14.1. The van der Waals surface area contributed by atoms with Gasteiger partial charge in [-0.2, -0.15) is 10.2 Å². The minimum absolute atomic E-state index is 0.0538. The van der Waals surface area contributed by atoms with Gasteiger partial charge in [-0.05, 0) is 130 Å². The highest BCUT2D eigenvalue weighted by Gasteiger charge is 2.52. The van der Waals surface area contributed by atoms with Crippen molar-refractivity contribution in [1.82, 2.24) is 79.5 Å². The molecule has 24 heteroatoms. The first-order valence-electron chi connectivity index (χ1n) is 26.3. The summed E-state index contributed by atoms with van der Waals surface area (Å²) in [6.07, 6.45) is 20.8. The number of halogens is 1. The molecule has 13 rings (SSSR count). The molecule has 3 saturated heterocycles. The molecule has 2 unspecified atom stereocenters. The first-order chi connectivity index (χ1) is 38.0.